The second kappa shape index (κ2) is 5.96. The molecule has 0 radical (unpaired) electrons. The Morgan fingerprint density at radius 3 is 2.60 bits per heavy atom. The predicted octanol–water partition coefficient (Wildman–Crippen LogP) is 4.25. The number of nitro groups is 1. The van der Waals surface area contributed by atoms with Gasteiger partial charge in [-0.1, -0.05) is 6.07 Å². The van der Waals surface area contributed by atoms with Crippen molar-refractivity contribution in [3.05, 3.63) is 68.2 Å². The molecule has 0 spiro atoms. The van der Waals surface area contributed by atoms with Crippen molar-refractivity contribution in [3.63, 3.8) is 0 Å². The molecular formula is C13H9BrF2N2O2. The van der Waals surface area contributed by atoms with E-state index in [-0.39, 0.29) is 23.7 Å². The molecule has 0 aliphatic heterocycles. The van der Waals surface area contributed by atoms with Crippen LogP contribution in [0.3, 0.4) is 0 Å². The van der Waals surface area contributed by atoms with Crippen molar-refractivity contribution in [3.8, 4) is 0 Å². The number of anilines is 1. The second-order valence-corrected chi connectivity index (χ2v) is 4.87. The van der Waals surface area contributed by atoms with Crippen molar-refractivity contribution in [1.82, 2.24) is 0 Å². The van der Waals surface area contributed by atoms with Crippen molar-refractivity contribution >= 4 is 27.3 Å². The fourth-order valence-corrected chi connectivity index (χ4v) is 2.08. The van der Waals surface area contributed by atoms with E-state index in [1.165, 1.54) is 12.1 Å². The number of benzene rings is 2. The van der Waals surface area contributed by atoms with Crippen molar-refractivity contribution in [2.24, 2.45) is 0 Å². The SMILES string of the molecule is O=[N+]([O-])c1cc(F)ccc1NCc1ccc(F)c(Br)c1. The molecule has 0 heterocycles. The molecule has 7 heteroatoms. The van der Waals surface area contributed by atoms with Crippen LogP contribution in [0.2, 0.25) is 0 Å². The molecule has 0 atom stereocenters. The minimum Gasteiger partial charge on any atom is -0.375 e. The molecule has 0 amide bonds. The number of hydrogen-bond acceptors (Lipinski definition) is 3. The van der Waals surface area contributed by atoms with Crippen LogP contribution in [0.25, 0.3) is 0 Å². The number of nitrogens with one attached hydrogen (secondary N) is 1. The molecule has 0 saturated heterocycles. The third kappa shape index (κ3) is 3.30. The first-order valence-corrected chi connectivity index (χ1v) is 6.38. The summed E-state index contributed by atoms with van der Waals surface area (Å²) in [6, 6.07) is 7.70. The molecule has 0 aliphatic carbocycles. The lowest BCUT2D eigenvalue weighted by Gasteiger charge is -2.08. The lowest BCUT2D eigenvalue weighted by Crippen LogP contribution is -2.03. The van der Waals surface area contributed by atoms with Crippen molar-refractivity contribution in [2.75, 3.05) is 5.32 Å². The van der Waals surface area contributed by atoms with Gasteiger partial charge in [0.2, 0.25) is 0 Å². The molecule has 2 aromatic rings. The van der Waals surface area contributed by atoms with Crippen LogP contribution >= 0.6 is 15.9 Å². The minimum absolute atomic E-state index is 0.205. The van der Waals surface area contributed by atoms with Gasteiger partial charge in [0.1, 0.15) is 17.3 Å². The maximum atomic E-state index is 13.1. The van der Waals surface area contributed by atoms with Crippen LogP contribution in [0.1, 0.15) is 5.56 Å². The summed E-state index contributed by atoms with van der Waals surface area (Å²) in [7, 11) is 0. The summed E-state index contributed by atoms with van der Waals surface area (Å²) in [6.07, 6.45) is 0. The van der Waals surface area contributed by atoms with E-state index in [0.29, 0.717) is 4.47 Å². The van der Waals surface area contributed by atoms with Crippen LogP contribution in [-0.2, 0) is 6.54 Å². The first kappa shape index (κ1) is 14.4. The largest absolute Gasteiger partial charge is 0.375 e. The smallest absolute Gasteiger partial charge is 0.295 e. The molecule has 4 nitrogen and oxygen atoms in total. The molecule has 0 aliphatic rings. The third-order valence-electron chi connectivity index (χ3n) is 2.62. The van der Waals surface area contributed by atoms with Crippen LogP contribution in [0.5, 0.6) is 0 Å². The molecule has 0 bridgehead atoms. The lowest BCUT2D eigenvalue weighted by molar-refractivity contribution is -0.384. The summed E-state index contributed by atoms with van der Waals surface area (Å²) in [6.45, 7) is 0.255. The van der Waals surface area contributed by atoms with Gasteiger partial charge in [0.15, 0.2) is 0 Å². The van der Waals surface area contributed by atoms with Crippen LogP contribution in [-0.4, -0.2) is 4.92 Å². The van der Waals surface area contributed by atoms with E-state index < -0.39 is 10.7 Å². The zero-order valence-electron chi connectivity index (χ0n) is 10.1. The normalized spacial score (nSPS) is 10.3. The second-order valence-electron chi connectivity index (χ2n) is 4.02. The summed E-state index contributed by atoms with van der Waals surface area (Å²) >= 11 is 3.06. The average molecular weight is 343 g/mol. The van der Waals surface area contributed by atoms with E-state index in [1.807, 2.05) is 0 Å². The van der Waals surface area contributed by atoms with Gasteiger partial charge in [-0.15, -0.1) is 0 Å². The fraction of sp³-hybridized carbons (Fsp3) is 0.0769. The van der Waals surface area contributed by atoms with Crippen LogP contribution in [0.4, 0.5) is 20.2 Å². The van der Waals surface area contributed by atoms with E-state index in [2.05, 4.69) is 21.2 Å². The Morgan fingerprint density at radius 2 is 1.95 bits per heavy atom. The predicted molar refractivity (Wildman–Crippen MR) is 74.5 cm³/mol. The minimum atomic E-state index is -0.674. The maximum absolute atomic E-state index is 13.1. The highest BCUT2D eigenvalue weighted by Crippen LogP contribution is 2.26. The summed E-state index contributed by atoms with van der Waals surface area (Å²) in [5, 5.41) is 13.7. The van der Waals surface area contributed by atoms with E-state index in [1.54, 1.807) is 12.1 Å². The lowest BCUT2D eigenvalue weighted by atomic mass is 10.2. The van der Waals surface area contributed by atoms with Crippen LogP contribution < -0.4 is 5.32 Å². The third-order valence-corrected chi connectivity index (χ3v) is 3.23. The molecule has 104 valence electrons. The highest BCUT2D eigenvalue weighted by Gasteiger charge is 2.14. The van der Waals surface area contributed by atoms with E-state index >= 15 is 0 Å². The van der Waals surface area contributed by atoms with Gasteiger partial charge >= 0.3 is 0 Å². The zero-order valence-corrected chi connectivity index (χ0v) is 11.7. The Hall–Kier alpha value is -2.02. The molecule has 1 N–H and O–H groups in total. The zero-order chi connectivity index (χ0) is 14.7. The molecular weight excluding hydrogens is 334 g/mol. The van der Waals surface area contributed by atoms with Crippen molar-refractivity contribution < 1.29 is 13.7 Å². The molecule has 2 aromatic carbocycles. The summed E-state index contributed by atoms with van der Waals surface area (Å²) in [5.74, 6) is -1.06. The van der Waals surface area contributed by atoms with Gasteiger partial charge < -0.3 is 5.32 Å². The Morgan fingerprint density at radius 1 is 1.20 bits per heavy atom. The van der Waals surface area contributed by atoms with Gasteiger partial charge in [-0.3, -0.25) is 10.1 Å². The topological polar surface area (TPSA) is 55.2 Å². The highest BCUT2D eigenvalue weighted by atomic mass is 79.9. The van der Waals surface area contributed by atoms with Crippen LogP contribution in [0.15, 0.2) is 40.9 Å². The molecule has 0 unspecified atom stereocenters. The van der Waals surface area contributed by atoms with Gasteiger partial charge in [-0.25, -0.2) is 8.78 Å². The summed E-state index contributed by atoms with van der Waals surface area (Å²) in [4.78, 5) is 10.2. The monoisotopic (exact) mass is 342 g/mol. The van der Waals surface area contributed by atoms with Gasteiger partial charge in [0, 0.05) is 6.54 Å². The van der Waals surface area contributed by atoms with Gasteiger partial charge in [-0.2, -0.15) is 0 Å². The molecule has 0 aromatic heterocycles. The Labute approximate surface area is 121 Å². The van der Waals surface area contributed by atoms with Gasteiger partial charge in [-0.05, 0) is 45.8 Å². The summed E-state index contributed by atoms with van der Waals surface area (Å²) < 4.78 is 26.4. The number of halogens is 3. The number of hydrogen-bond donors (Lipinski definition) is 1. The first-order valence-electron chi connectivity index (χ1n) is 5.59. The standard InChI is InChI=1S/C13H9BrF2N2O2/c14-10-5-8(1-3-11(10)16)7-17-12-4-2-9(15)6-13(12)18(19)20/h1-6,17H,7H2. The fourth-order valence-electron chi connectivity index (χ4n) is 1.65. The molecule has 2 rings (SSSR count). The van der Waals surface area contributed by atoms with Crippen molar-refractivity contribution in [2.45, 2.75) is 6.54 Å². The summed E-state index contributed by atoms with van der Waals surface area (Å²) in [5.41, 5.74) is 0.597. The highest BCUT2D eigenvalue weighted by molar-refractivity contribution is 9.10. The quantitative estimate of drug-likeness (QED) is 0.667. The maximum Gasteiger partial charge on any atom is 0.295 e. The Bertz CT molecular complexity index is 665. The number of nitrogens with zero attached hydrogens (tertiary/aromatic N) is 1. The molecule has 20 heavy (non-hydrogen) atoms. The average Bonchev–Trinajstić information content (AvgIpc) is 2.41. The van der Waals surface area contributed by atoms with Gasteiger partial charge in [0.25, 0.3) is 5.69 Å². The Balaban J connectivity index is 2.18. The number of nitro benzene ring substituents is 1. The van der Waals surface area contributed by atoms with Crippen molar-refractivity contribution in [1.29, 1.82) is 0 Å². The molecule has 0 saturated carbocycles. The van der Waals surface area contributed by atoms with E-state index in [4.69, 9.17) is 0 Å². The Kier molecular flexibility index (Phi) is 4.29. The van der Waals surface area contributed by atoms with Gasteiger partial charge in [0.05, 0.1) is 15.5 Å². The van der Waals surface area contributed by atoms with E-state index in [9.17, 15) is 18.9 Å². The van der Waals surface area contributed by atoms with E-state index in [0.717, 1.165) is 17.7 Å². The first-order chi connectivity index (χ1) is 9.47. The van der Waals surface area contributed by atoms with Crippen LogP contribution in [0, 0.1) is 21.7 Å². The molecule has 0 fully saturated rings. The number of rotatable bonds is 4.